The van der Waals surface area contributed by atoms with Crippen molar-refractivity contribution in [1.82, 2.24) is 5.32 Å². The predicted octanol–water partition coefficient (Wildman–Crippen LogP) is 4.78. The second-order valence-corrected chi connectivity index (χ2v) is 5.87. The molecule has 0 aliphatic rings. The first-order valence-electron chi connectivity index (χ1n) is 6.42. The lowest BCUT2D eigenvalue weighted by atomic mass is 10.0. The summed E-state index contributed by atoms with van der Waals surface area (Å²) in [5.74, 6) is 0. The molecule has 0 saturated heterocycles. The zero-order valence-electron chi connectivity index (χ0n) is 11.5. The molecule has 2 aromatic rings. The molecule has 1 aromatic heterocycles. The highest BCUT2D eigenvalue weighted by Crippen LogP contribution is 2.22. The molecule has 2 rings (SSSR count). The molecule has 0 aliphatic heterocycles. The van der Waals surface area contributed by atoms with Crippen LogP contribution in [-0.4, -0.2) is 0 Å². The smallest absolute Gasteiger partial charge is 0.0305 e. The zero-order valence-corrected chi connectivity index (χ0v) is 12.3. The van der Waals surface area contributed by atoms with Gasteiger partial charge in [-0.25, -0.2) is 0 Å². The summed E-state index contributed by atoms with van der Waals surface area (Å²) in [5, 5.41) is 8.01. The zero-order chi connectivity index (χ0) is 13.1. The standard InChI is InChI=1S/C16H21NS/c1-11-7-12(2)9-16(8-11)14(4)17-13(3)15-5-6-18-10-15/h5-10,13-14,17H,1-4H3. The maximum absolute atomic E-state index is 3.66. The number of thiophene rings is 1. The Hall–Kier alpha value is -1.12. The van der Waals surface area contributed by atoms with E-state index in [4.69, 9.17) is 0 Å². The van der Waals surface area contributed by atoms with E-state index in [9.17, 15) is 0 Å². The van der Waals surface area contributed by atoms with Crippen LogP contribution in [0.4, 0.5) is 0 Å². The molecule has 0 bridgehead atoms. The third-order valence-electron chi connectivity index (χ3n) is 3.29. The molecule has 2 unspecified atom stereocenters. The third kappa shape index (κ3) is 3.21. The van der Waals surface area contributed by atoms with Crippen LogP contribution in [0, 0.1) is 13.8 Å². The van der Waals surface area contributed by atoms with E-state index >= 15 is 0 Å². The van der Waals surface area contributed by atoms with Crippen molar-refractivity contribution in [3.05, 3.63) is 57.3 Å². The van der Waals surface area contributed by atoms with Gasteiger partial charge in [-0.3, -0.25) is 0 Å². The summed E-state index contributed by atoms with van der Waals surface area (Å²) in [6, 6.07) is 9.72. The normalized spacial score (nSPS) is 14.4. The van der Waals surface area contributed by atoms with Gasteiger partial charge in [0.1, 0.15) is 0 Å². The Morgan fingerprint density at radius 2 is 1.56 bits per heavy atom. The van der Waals surface area contributed by atoms with Crippen molar-refractivity contribution >= 4 is 11.3 Å². The highest BCUT2D eigenvalue weighted by Gasteiger charge is 2.11. The topological polar surface area (TPSA) is 12.0 Å². The molecule has 0 saturated carbocycles. The molecule has 1 aromatic carbocycles. The fourth-order valence-corrected chi connectivity index (χ4v) is 3.10. The first kappa shape index (κ1) is 13.3. The lowest BCUT2D eigenvalue weighted by molar-refractivity contribution is 0.495. The molecule has 1 N–H and O–H groups in total. The molecule has 0 aliphatic carbocycles. The van der Waals surface area contributed by atoms with Gasteiger partial charge in [0.05, 0.1) is 0 Å². The van der Waals surface area contributed by atoms with Gasteiger partial charge in [-0.15, -0.1) is 0 Å². The molecule has 18 heavy (non-hydrogen) atoms. The molecule has 0 fully saturated rings. The Balaban J connectivity index is 2.09. The number of aryl methyl sites for hydroxylation is 2. The van der Waals surface area contributed by atoms with Crippen molar-refractivity contribution in [2.45, 2.75) is 39.8 Å². The van der Waals surface area contributed by atoms with Crippen LogP contribution in [0.1, 0.15) is 48.2 Å². The first-order chi connectivity index (χ1) is 8.56. The van der Waals surface area contributed by atoms with E-state index in [2.05, 4.69) is 68.0 Å². The van der Waals surface area contributed by atoms with Gasteiger partial charge in [-0.1, -0.05) is 29.3 Å². The van der Waals surface area contributed by atoms with Crippen molar-refractivity contribution in [1.29, 1.82) is 0 Å². The number of hydrogen-bond acceptors (Lipinski definition) is 2. The van der Waals surface area contributed by atoms with Crippen molar-refractivity contribution in [2.75, 3.05) is 0 Å². The quantitative estimate of drug-likeness (QED) is 0.833. The van der Waals surface area contributed by atoms with Crippen LogP contribution in [0.15, 0.2) is 35.0 Å². The molecule has 96 valence electrons. The molecule has 0 spiro atoms. The van der Waals surface area contributed by atoms with Crippen LogP contribution in [0.2, 0.25) is 0 Å². The van der Waals surface area contributed by atoms with E-state index < -0.39 is 0 Å². The Morgan fingerprint density at radius 3 is 2.11 bits per heavy atom. The van der Waals surface area contributed by atoms with Gasteiger partial charge in [0.15, 0.2) is 0 Å². The highest BCUT2D eigenvalue weighted by atomic mass is 32.1. The molecule has 2 heteroatoms. The molecular weight excluding hydrogens is 238 g/mol. The molecule has 1 nitrogen and oxygen atoms in total. The SMILES string of the molecule is Cc1cc(C)cc(C(C)NC(C)c2ccsc2)c1. The van der Waals surface area contributed by atoms with Crippen molar-refractivity contribution < 1.29 is 0 Å². The fourth-order valence-electron chi connectivity index (χ4n) is 2.35. The number of nitrogens with one attached hydrogen (secondary N) is 1. The highest BCUT2D eigenvalue weighted by molar-refractivity contribution is 7.07. The minimum atomic E-state index is 0.374. The lowest BCUT2D eigenvalue weighted by Crippen LogP contribution is -2.22. The summed E-state index contributed by atoms with van der Waals surface area (Å²) in [4.78, 5) is 0. The van der Waals surface area contributed by atoms with E-state index in [0.29, 0.717) is 12.1 Å². The van der Waals surface area contributed by atoms with Crippen LogP contribution in [-0.2, 0) is 0 Å². The summed E-state index contributed by atoms with van der Waals surface area (Å²) in [6.45, 7) is 8.77. The van der Waals surface area contributed by atoms with E-state index in [1.807, 2.05) is 0 Å². The molecule has 2 atom stereocenters. The predicted molar refractivity (Wildman–Crippen MR) is 80.2 cm³/mol. The fraction of sp³-hybridized carbons (Fsp3) is 0.375. The third-order valence-corrected chi connectivity index (χ3v) is 3.99. The minimum Gasteiger partial charge on any atom is -0.304 e. The Bertz CT molecular complexity index is 482. The molecule has 0 radical (unpaired) electrons. The van der Waals surface area contributed by atoms with Crippen molar-refractivity contribution in [3.8, 4) is 0 Å². The van der Waals surface area contributed by atoms with Crippen LogP contribution in [0.5, 0.6) is 0 Å². The Kier molecular flexibility index (Phi) is 4.20. The maximum atomic E-state index is 3.66. The number of hydrogen-bond donors (Lipinski definition) is 1. The first-order valence-corrected chi connectivity index (χ1v) is 7.37. The van der Waals surface area contributed by atoms with Gasteiger partial charge in [-0.05, 0) is 55.6 Å². The van der Waals surface area contributed by atoms with Crippen molar-refractivity contribution in [3.63, 3.8) is 0 Å². The Labute approximate surface area is 114 Å². The van der Waals surface area contributed by atoms with Gasteiger partial charge >= 0.3 is 0 Å². The summed E-state index contributed by atoms with van der Waals surface area (Å²) in [6.07, 6.45) is 0. The van der Waals surface area contributed by atoms with Crippen molar-refractivity contribution in [2.24, 2.45) is 0 Å². The van der Waals surface area contributed by atoms with Gasteiger partial charge in [0, 0.05) is 12.1 Å². The summed E-state index contributed by atoms with van der Waals surface area (Å²) in [5.41, 5.74) is 5.41. The van der Waals surface area contributed by atoms with Gasteiger partial charge < -0.3 is 5.32 Å². The minimum absolute atomic E-state index is 0.374. The van der Waals surface area contributed by atoms with Crippen LogP contribution >= 0.6 is 11.3 Å². The average Bonchev–Trinajstić information content (AvgIpc) is 2.80. The summed E-state index contributed by atoms with van der Waals surface area (Å²) in [7, 11) is 0. The van der Waals surface area contributed by atoms with Gasteiger partial charge in [0.2, 0.25) is 0 Å². The number of benzene rings is 1. The second kappa shape index (κ2) is 5.68. The van der Waals surface area contributed by atoms with E-state index in [0.717, 1.165) is 0 Å². The lowest BCUT2D eigenvalue weighted by Gasteiger charge is -2.20. The summed E-state index contributed by atoms with van der Waals surface area (Å²) < 4.78 is 0. The second-order valence-electron chi connectivity index (χ2n) is 5.09. The molecule has 1 heterocycles. The molecule has 0 amide bonds. The van der Waals surface area contributed by atoms with Crippen LogP contribution < -0.4 is 5.32 Å². The van der Waals surface area contributed by atoms with E-state index in [1.54, 1.807) is 11.3 Å². The largest absolute Gasteiger partial charge is 0.304 e. The van der Waals surface area contributed by atoms with Gasteiger partial charge in [-0.2, -0.15) is 11.3 Å². The van der Waals surface area contributed by atoms with Crippen LogP contribution in [0.25, 0.3) is 0 Å². The summed E-state index contributed by atoms with van der Waals surface area (Å²) >= 11 is 1.76. The number of rotatable bonds is 4. The maximum Gasteiger partial charge on any atom is 0.0305 e. The Morgan fingerprint density at radius 1 is 0.944 bits per heavy atom. The van der Waals surface area contributed by atoms with E-state index in [-0.39, 0.29) is 0 Å². The van der Waals surface area contributed by atoms with Crippen LogP contribution in [0.3, 0.4) is 0 Å². The average molecular weight is 259 g/mol. The van der Waals surface area contributed by atoms with Gasteiger partial charge in [0.25, 0.3) is 0 Å². The molecular formula is C16H21NS. The monoisotopic (exact) mass is 259 g/mol. The van der Waals surface area contributed by atoms with E-state index in [1.165, 1.54) is 22.3 Å².